The zero-order valence-electron chi connectivity index (χ0n) is 20.8. The van der Waals surface area contributed by atoms with Crippen molar-refractivity contribution in [1.29, 1.82) is 0 Å². The third-order valence-electron chi connectivity index (χ3n) is 6.68. The van der Waals surface area contributed by atoms with Gasteiger partial charge in [-0.2, -0.15) is 0 Å². The number of H-pyrrole nitrogens is 1. The van der Waals surface area contributed by atoms with Gasteiger partial charge in [0.15, 0.2) is 29.2 Å². The average molecular weight is 543 g/mol. The van der Waals surface area contributed by atoms with Crippen LogP contribution in [0.3, 0.4) is 0 Å². The van der Waals surface area contributed by atoms with Gasteiger partial charge in [-0.3, -0.25) is 9.36 Å². The highest BCUT2D eigenvalue weighted by molar-refractivity contribution is 5.82. The fourth-order valence-electron chi connectivity index (χ4n) is 4.57. The summed E-state index contributed by atoms with van der Waals surface area (Å²) in [6.07, 6.45) is 2.32. The third-order valence-corrected chi connectivity index (χ3v) is 6.68. The molecular formula is C22H30N12O5. The summed E-state index contributed by atoms with van der Waals surface area (Å²) >= 11 is 0. The molecule has 208 valence electrons. The van der Waals surface area contributed by atoms with E-state index in [0.717, 1.165) is 0 Å². The van der Waals surface area contributed by atoms with Gasteiger partial charge in [0.2, 0.25) is 0 Å². The summed E-state index contributed by atoms with van der Waals surface area (Å²) in [6.45, 7) is 1.65. The highest BCUT2D eigenvalue weighted by Crippen LogP contribution is 2.32. The maximum absolute atomic E-state index is 11.3. The predicted octanol–water partition coefficient (Wildman–Crippen LogP) is -1.70. The summed E-state index contributed by atoms with van der Waals surface area (Å²) in [7, 11) is 0. The smallest absolute Gasteiger partial charge is 0.320 e. The van der Waals surface area contributed by atoms with Crippen LogP contribution in [0, 0.1) is 0 Å². The van der Waals surface area contributed by atoms with Gasteiger partial charge in [0.05, 0.1) is 12.7 Å². The highest BCUT2D eigenvalue weighted by atomic mass is 16.6. The van der Waals surface area contributed by atoms with E-state index in [4.69, 9.17) is 16.2 Å². The zero-order valence-corrected chi connectivity index (χ0v) is 20.8. The van der Waals surface area contributed by atoms with Crippen LogP contribution in [0.1, 0.15) is 19.1 Å². The van der Waals surface area contributed by atoms with Gasteiger partial charge in [-0.25, -0.2) is 29.9 Å². The number of nitrogens with one attached hydrogen (secondary N) is 2. The number of rotatable bonds is 12. The standard InChI is InChI=1S/C22H30N12O5/c23-11(22(37)38)2-5-33(4-1-3-25-18-14-19(28-7-26-14)30-9-29-18)6-12-15(35)16(36)21(39-12)34-10-32-13-17(24)27-8-31-20(13)34/h7-12,15-16,21,35-36H,1-6,23H2,(H,37,38)(H2,24,27,31)(H2,25,26,28,29,30)/t11-,12+,15+,16+,21+/m0/s1. The number of anilines is 2. The monoisotopic (exact) mass is 542 g/mol. The summed E-state index contributed by atoms with van der Waals surface area (Å²) < 4.78 is 7.57. The molecule has 0 unspecified atom stereocenters. The van der Waals surface area contributed by atoms with E-state index in [9.17, 15) is 20.1 Å². The minimum absolute atomic E-state index is 0.188. The third kappa shape index (κ3) is 5.57. The number of fused-ring (bicyclic) bond motifs is 2. The number of ether oxygens (including phenoxy) is 1. The van der Waals surface area contributed by atoms with Gasteiger partial charge in [0.25, 0.3) is 0 Å². The molecule has 1 saturated heterocycles. The molecule has 0 radical (unpaired) electrons. The number of aliphatic hydroxyl groups is 2. The van der Waals surface area contributed by atoms with E-state index in [0.29, 0.717) is 54.2 Å². The number of hydrogen-bond acceptors (Lipinski definition) is 14. The number of nitrogens with two attached hydrogens (primary N) is 2. The minimum Gasteiger partial charge on any atom is -0.480 e. The van der Waals surface area contributed by atoms with Crippen molar-refractivity contribution in [2.75, 3.05) is 37.2 Å². The van der Waals surface area contributed by atoms with Crippen molar-refractivity contribution in [3.05, 3.63) is 25.3 Å². The van der Waals surface area contributed by atoms with Crippen molar-refractivity contribution in [3.63, 3.8) is 0 Å². The normalized spacial score (nSPS) is 22.2. The Kier molecular flexibility index (Phi) is 7.75. The number of hydrogen-bond donors (Lipinski definition) is 7. The summed E-state index contributed by atoms with van der Waals surface area (Å²) in [6, 6.07) is -1.03. The number of nitrogens with zero attached hydrogens (tertiary/aromatic N) is 8. The van der Waals surface area contributed by atoms with Gasteiger partial charge in [0.1, 0.15) is 48.0 Å². The van der Waals surface area contributed by atoms with Gasteiger partial charge in [-0.15, -0.1) is 0 Å². The van der Waals surface area contributed by atoms with Crippen LogP contribution in [0.25, 0.3) is 22.3 Å². The van der Waals surface area contributed by atoms with Crippen molar-refractivity contribution in [1.82, 2.24) is 44.4 Å². The van der Waals surface area contributed by atoms with Gasteiger partial charge in [-0.1, -0.05) is 0 Å². The molecule has 5 atom stereocenters. The minimum atomic E-state index is -1.26. The first-order valence-electron chi connectivity index (χ1n) is 12.4. The lowest BCUT2D eigenvalue weighted by Crippen LogP contribution is -2.43. The quantitative estimate of drug-likeness (QED) is 0.0985. The molecule has 5 heterocycles. The molecule has 4 aromatic heterocycles. The van der Waals surface area contributed by atoms with Crippen LogP contribution >= 0.6 is 0 Å². The number of carboxylic acids is 1. The molecule has 5 rings (SSSR count). The highest BCUT2D eigenvalue weighted by Gasteiger charge is 2.44. The van der Waals surface area contributed by atoms with Crippen LogP contribution in [0.5, 0.6) is 0 Å². The van der Waals surface area contributed by atoms with Crippen LogP contribution in [-0.4, -0.2) is 116 Å². The lowest BCUT2D eigenvalue weighted by Gasteiger charge is -2.27. The second kappa shape index (κ2) is 11.4. The number of nitrogen functional groups attached to an aromatic ring is 1. The molecule has 0 aromatic carbocycles. The molecule has 17 nitrogen and oxygen atoms in total. The Morgan fingerprint density at radius 3 is 2.79 bits per heavy atom. The Balaban J connectivity index is 1.24. The molecule has 17 heteroatoms. The number of carbonyl (C=O) groups is 1. The second-order valence-electron chi connectivity index (χ2n) is 9.27. The number of carboxylic acid groups (broad SMARTS) is 1. The van der Waals surface area contributed by atoms with E-state index in [1.165, 1.54) is 23.5 Å². The Labute approximate surface area is 221 Å². The van der Waals surface area contributed by atoms with E-state index >= 15 is 0 Å². The van der Waals surface area contributed by atoms with Crippen molar-refractivity contribution < 1.29 is 24.9 Å². The van der Waals surface area contributed by atoms with Crippen molar-refractivity contribution in [2.24, 2.45) is 5.73 Å². The van der Waals surface area contributed by atoms with Crippen molar-refractivity contribution in [3.8, 4) is 0 Å². The Hall–Kier alpha value is -4.03. The van der Waals surface area contributed by atoms with E-state index in [1.54, 1.807) is 6.33 Å². The summed E-state index contributed by atoms with van der Waals surface area (Å²) in [5.74, 6) is -0.285. The molecule has 0 amide bonds. The zero-order chi connectivity index (χ0) is 27.5. The fourth-order valence-corrected chi connectivity index (χ4v) is 4.57. The average Bonchev–Trinajstić information content (AvgIpc) is 3.64. The number of aromatic amines is 1. The van der Waals surface area contributed by atoms with Gasteiger partial charge < -0.3 is 46.7 Å². The first-order chi connectivity index (χ1) is 18.8. The van der Waals surface area contributed by atoms with E-state index < -0.39 is 36.6 Å². The molecule has 1 aliphatic rings. The van der Waals surface area contributed by atoms with Crippen molar-refractivity contribution >= 4 is 39.9 Å². The Morgan fingerprint density at radius 1 is 1.15 bits per heavy atom. The number of aliphatic hydroxyl groups excluding tert-OH is 2. The van der Waals surface area contributed by atoms with Crippen LogP contribution in [-0.2, 0) is 9.53 Å². The largest absolute Gasteiger partial charge is 0.480 e. The van der Waals surface area contributed by atoms with Gasteiger partial charge in [0, 0.05) is 19.6 Å². The number of aliphatic carboxylic acids is 1. The van der Waals surface area contributed by atoms with Gasteiger partial charge >= 0.3 is 5.97 Å². The second-order valence-corrected chi connectivity index (χ2v) is 9.27. The van der Waals surface area contributed by atoms with Crippen LogP contribution in [0.2, 0.25) is 0 Å². The Bertz CT molecular complexity index is 1430. The first kappa shape index (κ1) is 26.6. The molecule has 0 aliphatic carbocycles. The molecule has 0 bridgehead atoms. The fraction of sp³-hybridized carbons (Fsp3) is 0.500. The molecule has 4 aromatic rings. The van der Waals surface area contributed by atoms with E-state index in [2.05, 4.69) is 40.2 Å². The molecule has 1 fully saturated rings. The van der Waals surface area contributed by atoms with Crippen LogP contribution in [0.15, 0.2) is 25.3 Å². The van der Waals surface area contributed by atoms with Crippen LogP contribution < -0.4 is 16.8 Å². The lowest BCUT2D eigenvalue weighted by molar-refractivity contribution is -0.138. The number of imidazole rings is 2. The molecular weight excluding hydrogens is 512 g/mol. The summed E-state index contributed by atoms with van der Waals surface area (Å²) in [4.78, 5) is 41.0. The maximum atomic E-state index is 11.3. The summed E-state index contributed by atoms with van der Waals surface area (Å²) in [5.41, 5.74) is 13.6. The van der Waals surface area contributed by atoms with Crippen LogP contribution in [0.4, 0.5) is 11.6 Å². The lowest BCUT2D eigenvalue weighted by atomic mass is 10.1. The maximum Gasteiger partial charge on any atom is 0.320 e. The SMILES string of the molecule is Nc1ncnc2c1ncn2[C@@H]1O[C@H](CN(CCCNc2ncnc3nc[nH]c23)CC[C@H](N)C(=O)O)[C@@H](O)[C@H]1O. The predicted molar refractivity (Wildman–Crippen MR) is 137 cm³/mol. The number of aromatic nitrogens is 8. The molecule has 9 N–H and O–H groups in total. The van der Waals surface area contributed by atoms with E-state index in [1.807, 2.05) is 4.90 Å². The topological polar surface area (TPSA) is 252 Å². The molecule has 0 saturated carbocycles. The van der Waals surface area contributed by atoms with Gasteiger partial charge in [-0.05, 0) is 19.4 Å². The summed E-state index contributed by atoms with van der Waals surface area (Å²) in [5, 5.41) is 34.1. The van der Waals surface area contributed by atoms with E-state index in [-0.39, 0.29) is 18.8 Å². The first-order valence-corrected chi connectivity index (χ1v) is 12.4. The molecule has 0 spiro atoms. The molecule has 1 aliphatic heterocycles. The van der Waals surface area contributed by atoms with Crippen molar-refractivity contribution in [2.45, 2.75) is 43.4 Å². The Morgan fingerprint density at radius 2 is 1.97 bits per heavy atom. The molecule has 39 heavy (non-hydrogen) atoms.